The lowest BCUT2D eigenvalue weighted by atomic mass is 10.2. The van der Waals surface area contributed by atoms with Gasteiger partial charge in [0.05, 0.1) is 34.7 Å². The highest BCUT2D eigenvalue weighted by Gasteiger charge is 2.24. The number of carboxylic acid groups (broad SMARTS) is 1. The van der Waals surface area contributed by atoms with Crippen molar-refractivity contribution < 1.29 is 28.7 Å². The number of nitrogens with zero attached hydrogens (tertiary/aromatic N) is 1. The topological polar surface area (TPSA) is 72.8 Å². The monoisotopic (exact) mass is 220 g/mol. The minimum atomic E-state index is -1.00. The summed E-state index contributed by atoms with van der Waals surface area (Å²) < 4.78 is 9.65. The molecule has 1 N–H and O–H groups in total. The van der Waals surface area contributed by atoms with E-state index in [0.717, 1.165) is 0 Å². The first-order valence-corrected chi connectivity index (χ1v) is 4.51. The molecule has 0 aromatic heterocycles. The third kappa shape index (κ3) is 7.75. The number of rotatable bonds is 5. The highest BCUT2D eigenvalue weighted by atomic mass is 16.7. The van der Waals surface area contributed by atoms with Crippen LogP contribution in [0.1, 0.15) is 6.42 Å². The maximum atomic E-state index is 10.8. The Bertz CT molecular complexity index is 233. The third-order valence-electron chi connectivity index (χ3n) is 1.58. The second-order valence-corrected chi connectivity index (χ2v) is 4.26. The molecule has 15 heavy (non-hydrogen) atoms. The van der Waals surface area contributed by atoms with Crippen molar-refractivity contribution in [1.29, 1.82) is 0 Å². The van der Waals surface area contributed by atoms with Gasteiger partial charge in [0.25, 0.3) is 0 Å². The zero-order chi connectivity index (χ0) is 12.1. The fraction of sp³-hybridized carbons (Fsp3) is 0.778. The predicted molar refractivity (Wildman–Crippen MR) is 52.4 cm³/mol. The Morgan fingerprint density at radius 1 is 1.33 bits per heavy atom. The Labute approximate surface area is 89.0 Å². The van der Waals surface area contributed by atoms with E-state index in [9.17, 15) is 9.59 Å². The van der Waals surface area contributed by atoms with E-state index in [1.807, 2.05) is 21.1 Å². The molecule has 0 heterocycles. The van der Waals surface area contributed by atoms with E-state index in [2.05, 4.69) is 4.74 Å². The molecule has 0 amide bonds. The zero-order valence-corrected chi connectivity index (χ0v) is 9.52. The smallest absolute Gasteiger partial charge is 0.481 e. The maximum Gasteiger partial charge on any atom is 0.508 e. The Morgan fingerprint density at radius 2 is 1.87 bits per heavy atom. The van der Waals surface area contributed by atoms with Crippen molar-refractivity contribution in [3.8, 4) is 0 Å². The average molecular weight is 220 g/mol. The molecule has 88 valence electrons. The molecule has 1 atom stereocenters. The van der Waals surface area contributed by atoms with Gasteiger partial charge in [-0.05, 0) is 0 Å². The minimum absolute atomic E-state index is 0.218. The largest absolute Gasteiger partial charge is 0.508 e. The van der Waals surface area contributed by atoms with Crippen molar-refractivity contribution in [3.05, 3.63) is 0 Å². The van der Waals surface area contributed by atoms with Gasteiger partial charge in [-0.1, -0.05) is 0 Å². The Balaban J connectivity index is 4.31. The van der Waals surface area contributed by atoms with Gasteiger partial charge in [0.1, 0.15) is 6.54 Å². The van der Waals surface area contributed by atoms with Crippen molar-refractivity contribution in [3.63, 3.8) is 0 Å². The molecule has 6 heteroatoms. The van der Waals surface area contributed by atoms with Crippen LogP contribution in [0.3, 0.4) is 0 Å². The lowest BCUT2D eigenvalue weighted by Crippen LogP contribution is -2.43. The van der Waals surface area contributed by atoms with Crippen LogP contribution in [0.4, 0.5) is 4.79 Å². The summed E-state index contributed by atoms with van der Waals surface area (Å²) >= 11 is 0. The van der Waals surface area contributed by atoms with Crippen LogP contribution in [0.5, 0.6) is 0 Å². The second-order valence-electron chi connectivity index (χ2n) is 4.26. The third-order valence-corrected chi connectivity index (χ3v) is 1.58. The molecule has 1 unspecified atom stereocenters. The maximum absolute atomic E-state index is 10.8. The van der Waals surface area contributed by atoms with Crippen molar-refractivity contribution >= 4 is 12.1 Å². The van der Waals surface area contributed by atoms with Gasteiger partial charge in [0.2, 0.25) is 0 Å². The summed E-state index contributed by atoms with van der Waals surface area (Å²) in [6.45, 7) is 0.418. The van der Waals surface area contributed by atoms with Crippen LogP contribution in [0.15, 0.2) is 0 Å². The molecule has 0 aromatic rings. The van der Waals surface area contributed by atoms with E-state index < -0.39 is 18.2 Å². The summed E-state index contributed by atoms with van der Waals surface area (Å²) in [5.41, 5.74) is 0. The number of carbonyl (C=O) groups is 2. The van der Waals surface area contributed by atoms with Crippen LogP contribution in [-0.4, -0.2) is 62.6 Å². The van der Waals surface area contributed by atoms with E-state index >= 15 is 0 Å². The molecule has 0 fully saturated rings. The highest BCUT2D eigenvalue weighted by Crippen LogP contribution is 2.05. The number of carboxylic acids is 1. The van der Waals surface area contributed by atoms with Crippen LogP contribution in [0, 0.1) is 0 Å². The quantitative estimate of drug-likeness (QED) is 0.533. The normalized spacial score (nSPS) is 13.1. The molecule has 0 spiro atoms. The summed E-state index contributed by atoms with van der Waals surface area (Å²) in [5.74, 6) is -1.00. The number of likely N-dealkylation sites (N-methyl/N-ethyl adjacent to an activating group) is 1. The predicted octanol–water partition coefficient (Wildman–Crippen LogP) is 0.319. The fourth-order valence-electron chi connectivity index (χ4n) is 1.13. The molecule has 6 nitrogen and oxygen atoms in total. The highest BCUT2D eigenvalue weighted by molar-refractivity contribution is 5.68. The Kier molecular flexibility index (Phi) is 5.07. The Hall–Kier alpha value is -1.30. The Morgan fingerprint density at radius 3 is 2.20 bits per heavy atom. The minimum Gasteiger partial charge on any atom is -0.481 e. The van der Waals surface area contributed by atoms with Gasteiger partial charge in [0.15, 0.2) is 6.10 Å². The first kappa shape index (κ1) is 13.7. The standard InChI is InChI=1S/C9H17NO5/c1-10(2,3)6-7(5-8(11)12)15-9(13)14-4/h7H,5-6H2,1-4H3/p+1. The van der Waals surface area contributed by atoms with Crippen LogP contribution in [0.25, 0.3) is 0 Å². The average Bonchev–Trinajstić information content (AvgIpc) is 1.99. The lowest BCUT2D eigenvalue weighted by Gasteiger charge is -2.27. The first-order valence-electron chi connectivity index (χ1n) is 4.51. The SMILES string of the molecule is COC(=O)OC(CC(=O)O)C[N+](C)(C)C. The van der Waals surface area contributed by atoms with E-state index in [4.69, 9.17) is 9.84 Å². The number of hydrogen-bond acceptors (Lipinski definition) is 4. The number of quaternary nitrogens is 1. The molecule has 0 saturated heterocycles. The van der Waals surface area contributed by atoms with Crippen molar-refractivity contribution in [2.45, 2.75) is 12.5 Å². The molecule has 0 aliphatic rings. The molecule has 0 aromatic carbocycles. The van der Waals surface area contributed by atoms with Crippen LogP contribution in [-0.2, 0) is 14.3 Å². The van der Waals surface area contributed by atoms with Crippen molar-refractivity contribution in [1.82, 2.24) is 0 Å². The van der Waals surface area contributed by atoms with E-state index in [0.29, 0.717) is 11.0 Å². The van der Waals surface area contributed by atoms with Gasteiger partial charge in [-0.3, -0.25) is 4.79 Å². The molecule has 0 rings (SSSR count). The number of aliphatic carboxylic acids is 1. The van der Waals surface area contributed by atoms with E-state index in [1.54, 1.807) is 0 Å². The summed E-state index contributed by atoms with van der Waals surface area (Å²) in [5, 5.41) is 8.63. The van der Waals surface area contributed by atoms with Gasteiger partial charge in [-0.15, -0.1) is 0 Å². The molecular weight excluding hydrogens is 202 g/mol. The van der Waals surface area contributed by atoms with Gasteiger partial charge < -0.3 is 19.1 Å². The summed E-state index contributed by atoms with van der Waals surface area (Å²) in [6, 6.07) is 0. The van der Waals surface area contributed by atoms with Gasteiger partial charge >= 0.3 is 12.1 Å². The number of ether oxygens (including phenoxy) is 2. The molecule has 0 aliphatic carbocycles. The molecule has 0 saturated carbocycles. The lowest BCUT2D eigenvalue weighted by molar-refractivity contribution is -0.873. The van der Waals surface area contributed by atoms with Crippen molar-refractivity contribution in [2.24, 2.45) is 0 Å². The van der Waals surface area contributed by atoms with Crippen LogP contribution < -0.4 is 0 Å². The number of methoxy groups -OCH3 is 1. The summed E-state index contributed by atoms with van der Waals surface area (Å²) in [4.78, 5) is 21.4. The molecule has 0 bridgehead atoms. The van der Waals surface area contributed by atoms with Crippen LogP contribution in [0.2, 0.25) is 0 Å². The van der Waals surface area contributed by atoms with Gasteiger partial charge in [0, 0.05) is 0 Å². The zero-order valence-electron chi connectivity index (χ0n) is 9.52. The number of carbonyl (C=O) groups excluding carboxylic acids is 1. The molecule has 0 radical (unpaired) electrons. The summed E-state index contributed by atoms with van der Waals surface area (Å²) in [7, 11) is 6.84. The van der Waals surface area contributed by atoms with Gasteiger partial charge in [-0.25, -0.2) is 4.79 Å². The van der Waals surface area contributed by atoms with Crippen molar-refractivity contribution in [2.75, 3.05) is 34.8 Å². The first-order chi connectivity index (χ1) is 6.74. The molecular formula is C9H18NO5+. The van der Waals surface area contributed by atoms with E-state index in [1.165, 1.54) is 7.11 Å². The molecule has 0 aliphatic heterocycles. The van der Waals surface area contributed by atoms with Gasteiger partial charge in [-0.2, -0.15) is 0 Å². The van der Waals surface area contributed by atoms with Crippen LogP contribution >= 0.6 is 0 Å². The second kappa shape index (κ2) is 5.55. The van der Waals surface area contributed by atoms with E-state index in [-0.39, 0.29) is 6.42 Å². The fourth-order valence-corrected chi connectivity index (χ4v) is 1.13. The number of hydrogen-bond donors (Lipinski definition) is 1. The summed E-state index contributed by atoms with van der Waals surface area (Å²) in [6.07, 6.45) is -1.74.